The molecule has 3 N–H and O–H groups in total. The maximum atomic E-state index is 11.1. The fourth-order valence-corrected chi connectivity index (χ4v) is 0.773. The van der Waals surface area contributed by atoms with E-state index in [1.54, 1.807) is 0 Å². The lowest BCUT2D eigenvalue weighted by Crippen LogP contribution is -2.45. The van der Waals surface area contributed by atoms with Crippen molar-refractivity contribution in [3.63, 3.8) is 0 Å². The summed E-state index contributed by atoms with van der Waals surface area (Å²) in [5.41, 5.74) is 0. The van der Waals surface area contributed by atoms with Crippen LogP contribution in [0.15, 0.2) is 12.7 Å². The molecule has 0 bridgehead atoms. The Balaban J connectivity index is 3.93. The molecule has 0 rings (SSSR count). The third kappa shape index (κ3) is 4.61. The van der Waals surface area contributed by atoms with Crippen molar-refractivity contribution in [2.75, 3.05) is 13.2 Å². The first-order chi connectivity index (χ1) is 6.65. The van der Waals surface area contributed by atoms with Crippen molar-refractivity contribution < 1.29 is 14.7 Å². The van der Waals surface area contributed by atoms with Crippen LogP contribution >= 0.6 is 0 Å². The number of rotatable bonds is 5. The summed E-state index contributed by atoms with van der Waals surface area (Å²) >= 11 is 0. The van der Waals surface area contributed by atoms with Gasteiger partial charge in [-0.1, -0.05) is 13.0 Å². The number of aliphatic hydroxyl groups is 1. The van der Waals surface area contributed by atoms with Crippen LogP contribution in [0.1, 0.15) is 13.3 Å². The van der Waals surface area contributed by atoms with Crippen molar-refractivity contribution in [1.29, 1.82) is 0 Å². The van der Waals surface area contributed by atoms with E-state index in [4.69, 9.17) is 5.11 Å². The van der Waals surface area contributed by atoms with E-state index in [-0.39, 0.29) is 19.2 Å². The minimum Gasteiger partial charge on any atom is -0.394 e. The first-order valence-electron chi connectivity index (χ1n) is 4.46. The van der Waals surface area contributed by atoms with Crippen molar-refractivity contribution in [3.8, 4) is 0 Å². The van der Waals surface area contributed by atoms with Crippen LogP contribution in [0.25, 0.3) is 0 Å². The Morgan fingerprint density at radius 2 is 2.14 bits per heavy atom. The largest absolute Gasteiger partial charge is 0.394 e. The fraction of sp³-hybridized carbons (Fsp3) is 0.556. The number of hydrogen-bond acceptors (Lipinski definition) is 3. The van der Waals surface area contributed by atoms with Gasteiger partial charge >= 0.3 is 11.8 Å². The standard InChI is InChI=1S/C9H16N2O3/c1-3-5-10-8(13)9(14)11-7(4-2)6-12/h3,7,12H,1,4-6H2,2H3,(H,10,13)(H,11,14)/t7-/m0/s1. The molecular formula is C9H16N2O3. The Labute approximate surface area is 83.2 Å². The highest BCUT2D eigenvalue weighted by Crippen LogP contribution is 1.88. The van der Waals surface area contributed by atoms with E-state index < -0.39 is 11.8 Å². The zero-order valence-corrected chi connectivity index (χ0v) is 8.25. The van der Waals surface area contributed by atoms with Crippen molar-refractivity contribution in [1.82, 2.24) is 10.6 Å². The molecule has 0 heterocycles. The van der Waals surface area contributed by atoms with Crippen LogP contribution in [0.2, 0.25) is 0 Å². The van der Waals surface area contributed by atoms with Crippen molar-refractivity contribution in [2.45, 2.75) is 19.4 Å². The topological polar surface area (TPSA) is 78.4 Å². The van der Waals surface area contributed by atoms with Crippen LogP contribution < -0.4 is 10.6 Å². The lowest BCUT2D eigenvalue weighted by Gasteiger charge is -2.12. The summed E-state index contributed by atoms with van der Waals surface area (Å²) in [6, 6.07) is -0.364. The lowest BCUT2D eigenvalue weighted by molar-refractivity contribution is -0.139. The van der Waals surface area contributed by atoms with Gasteiger partial charge in [0.25, 0.3) is 0 Å². The molecule has 0 saturated carbocycles. The number of carbonyl (C=O) groups excluding carboxylic acids is 2. The minimum atomic E-state index is -0.729. The molecule has 0 aliphatic heterocycles. The van der Waals surface area contributed by atoms with Gasteiger partial charge in [-0.3, -0.25) is 9.59 Å². The Morgan fingerprint density at radius 3 is 2.57 bits per heavy atom. The van der Waals surface area contributed by atoms with Gasteiger partial charge in [-0.15, -0.1) is 6.58 Å². The monoisotopic (exact) mass is 200 g/mol. The van der Waals surface area contributed by atoms with Gasteiger partial charge in [0.1, 0.15) is 0 Å². The predicted molar refractivity (Wildman–Crippen MR) is 52.5 cm³/mol. The van der Waals surface area contributed by atoms with Gasteiger partial charge in [-0.05, 0) is 6.42 Å². The molecule has 14 heavy (non-hydrogen) atoms. The van der Waals surface area contributed by atoms with Crippen molar-refractivity contribution in [2.24, 2.45) is 0 Å². The van der Waals surface area contributed by atoms with Crippen molar-refractivity contribution in [3.05, 3.63) is 12.7 Å². The minimum absolute atomic E-state index is 0.170. The van der Waals surface area contributed by atoms with Crippen LogP contribution in [-0.4, -0.2) is 36.1 Å². The summed E-state index contributed by atoms with van der Waals surface area (Å²) in [6.07, 6.45) is 2.06. The molecule has 0 aromatic rings. The maximum Gasteiger partial charge on any atom is 0.309 e. The SMILES string of the molecule is C=CCNC(=O)C(=O)N[C@@H](CC)CO. The average Bonchev–Trinajstić information content (AvgIpc) is 2.21. The van der Waals surface area contributed by atoms with Gasteiger partial charge < -0.3 is 15.7 Å². The number of aliphatic hydroxyl groups excluding tert-OH is 1. The van der Waals surface area contributed by atoms with Gasteiger partial charge in [0.05, 0.1) is 12.6 Å². The zero-order valence-electron chi connectivity index (χ0n) is 8.25. The molecule has 1 atom stereocenters. The number of nitrogens with one attached hydrogen (secondary N) is 2. The van der Waals surface area contributed by atoms with E-state index >= 15 is 0 Å². The summed E-state index contributed by atoms with van der Waals surface area (Å²) in [5.74, 6) is -1.44. The first kappa shape index (κ1) is 12.6. The highest BCUT2D eigenvalue weighted by molar-refractivity contribution is 6.35. The van der Waals surface area contributed by atoms with Crippen LogP contribution in [0, 0.1) is 0 Å². The predicted octanol–water partition coefficient (Wildman–Crippen LogP) is -0.824. The van der Waals surface area contributed by atoms with E-state index in [0.29, 0.717) is 6.42 Å². The molecule has 0 saturated heterocycles. The Bertz CT molecular complexity index is 212. The molecule has 0 aromatic heterocycles. The zero-order chi connectivity index (χ0) is 11.0. The molecule has 5 nitrogen and oxygen atoms in total. The molecule has 80 valence electrons. The maximum absolute atomic E-state index is 11.1. The molecule has 0 unspecified atom stereocenters. The second-order valence-corrected chi connectivity index (χ2v) is 2.76. The van der Waals surface area contributed by atoms with Gasteiger partial charge in [-0.25, -0.2) is 0 Å². The highest BCUT2D eigenvalue weighted by Gasteiger charge is 2.15. The third-order valence-corrected chi connectivity index (χ3v) is 1.66. The van der Waals surface area contributed by atoms with Crippen LogP contribution in [-0.2, 0) is 9.59 Å². The van der Waals surface area contributed by atoms with E-state index in [1.165, 1.54) is 6.08 Å². The molecular weight excluding hydrogens is 184 g/mol. The fourth-order valence-electron chi connectivity index (χ4n) is 0.773. The molecule has 0 aliphatic rings. The van der Waals surface area contributed by atoms with Crippen LogP contribution in [0.3, 0.4) is 0 Å². The lowest BCUT2D eigenvalue weighted by atomic mass is 10.2. The molecule has 5 heteroatoms. The Morgan fingerprint density at radius 1 is 1.50 bits per heavy atom. The second-order valence-electron chi connectivity index (χ2n) is 2.76. The van der Waals surface area contributed by atoms with E-state index in [9.17, 15) is 9.59 Å². The van der Waals surface area contributed by atoms with E-state index in [2.05, 4.69) is 17.2 Å². The molecule has 0 spiro atoms. The molecule has 0 radical (unpaired) electrons. The average molecular weight is 200 g/mol. The summed E-state index contributed by atoms with van der Waals surface area (Å²) in [7, 11) is 0. The molecule has 0 aromatic carbocycles. The van der Waals surface area contributed by atoms with Gasteiger partial charge in [-0.2, -0.15) is 0 Å². The van der Waals surface area contributed by atoms with Crippen LogP contribution in [0.4, 0.5) is 0 Å². The third-order valence-electron chi connectivity index (χ3n) is 1.66. The quantitative estimate of drug-likeness (QED) is 0.400. The first-order valence-corrected chi connectivity index (χ1v) is 4.46. The van der Waals surface area contributed by atoms with Gasteiger partial charge in [0.2, 0.25) is 0 Å². The molecule has 0 aliphatic carbocycles. The second kappa shape index (κ2) is 7.08. The van der Waals surface area contributed by atoms with E-state index in [1.807, 2.05) is 6.92 Å². The Hall–Kier alpha value is -1.36. The normalized spacial score (nSPS) is 11.6. The van der Waals surface area contributed by atoms with E-state index in [0.717, 1.165) is 0 Å². The highest BCUT2D eigenvalue weighted by atomic mass is 16.3. The van der Waals surface area contributed by atoms with Gasteiger partial charge in [0.15, 0.2) is 0 Å². The number of hydrogen-bond donors (Lipinski definition) is 3. The smallest absolute Gasteiger partial charge is 0.309 e. The summed E-state index contributed by atoms with van der Waals surface area (Å²) < 4.78 is 0. The summed E-state index contributed by atoms with van der Waals surface area (Å²) in [6.45, 7) is 5.29. The molecule has 2 amide bonds. The van der Waals surface area contributed by atoms with Crippen LogP contribution in [0.5, 0.6) is 0 Å². The Kier molecular flexibility index (Phi) is 6.39. The van der Waals surface area contributed by atoms with Gasteiger partial charge in [0, 0.05) is 6.54 Å². The molecule has 0 fully saturated rings. The number of amides is 2. The van der Waals surface area contributed by atoms with Crippen molar-refractivity contribution >= 4 is 11.8 Å². The summed E-state index contributed by atoms with van der Waals surface area (Å²) in [4.78, 5) is 22.1. The summed E-state index contributed by atoms with van der Waals surface area (Å²) in [5, 5.41) is 13.5. The number of carbonyl (C=O) groups is 2.